The zero-order valence-corrected chi connectivity index (χ0v) is 10.9. The maximum Gasteiger partial charge on any atom is 0.115 e. The van der Waals surface area contributed by atoms with E-state index in [9.17, 15) is 5.11 Å². The summed E-state index contributed by atoms with van der Waals surface area (Å²) in [5, 5.41) is 9.31. The molecule has 0 heterocycles. The van der Waals surface area contributed by atoms with E-state index >= 15 is 0 Å². The Balaban J connectivity index is 2.98. The zero-order valence-electron chi connectivity index (χ0n) is 10.9. The molecule has 0 unspecified atom stereocenters. The molecule has 0 spiro atoms. The second kappa shape index (κ2) is 5.35. The largest absolute Gasteiger partial charge is 0.508 e. The fourth-order valence-electron chi connectivity index (χ4n) is 2.11. The van der Waals surface area contributed by atoms with E-state index in [0.29, 0.717) is 23.6 Å². The van der Waals surface area contributed by atoms with Gasteiger partial charge >= 0.3 is 0 Å². The van der Waals surface area contributed by atoms with E-state index in [0.717, 1.165) is 0 Å². The lowest BCUT2D eigenvalue weighted by molar-refractivity contribution is 0.184. The highest BCUT2D eigenvalue weighted by Gasteiger charge is 2.23. The monoisotopic (exact) mass is 221 g/mol. The summed E-state index contributed by atoms with van der Waals surface area (Å²) >= 11 is 0. The first-order valence-electron chi connectivity index (χ1n) is 5.88. The minimum absolute atomic E-state index is 0.332. The van der Waals surface area contributed by atoms with Gasteiger partial charge in [0.25, 0.3) is 0 Å². The molecule has 16 heavy (non-hydrogen) atoms. The van der Waals surface area contributed by atoms with Crippen LogP contribution in [0.4, 0.5) is 0 Å². The van der Waals surface area contributed by atoms with E-state index in [4.69, 9.17) is 0 Å². The number of nitrogens with zero attached hydrogens (tertiary/aromatic N) is 1. The maximum atomic E-state index is 9.31. The first kappa shape index (κ1) is 13.0. The van der Waals surface area contributed by atoms with Crippen LogP contribution in [0.25, 0.3) is 0 Å². The van der Waals surface area contributed by atoms with E-state index in [1.54, 1.807) is 12.1 Å². The minimum Gasteiger partial charge on any atom is -0.508 e. The summed E-state index contributed by atoms with van der Waals surface area (Å²) in [6.45, 7) is 6.78. The van der Waals surface area contributed by atoms with Gasteiger partial charge in [-0.15, -0.1) is 0 Å². The van der Waals surface area contributed by atoms with Crippen molar-refractivity contribution < 1.29 is 5.11 Å². The van der Waals surface area contributed by atoms with Gasteiger partial charge in [0.1, 0.15) is 5.75 Å². The standard InChI is InChI=1S/C14H23NO/c1-10(2)11(3)14(15(4)5)12-6-8-13(16)9-7-12/h6-11,14,16H,1-5H3/t11-,14-/m1/s1. The SMILES string of the molecule is CC(C)[C@@H](C)[C@H](c1ccc(O)cc1)N(C)C. The molecule has 0 aliphatic rings. The predicted molar refractivity (Wildman–Crippen MR) is 68.5 cm³/mol. The van der Waals surface area contributed by atoms with Crippen LogP contribution in [0.15, 0.2) is 24.3 Å². The van der Waals surface area contributed by atoms with Gasteiger partial charge in [0, 0.05) is 6.04 Å². The molecular formula is C14H23NO. The molecule has 0 amide bonds. The predicted octanol–water partition coefficient (Wildman–Crippen LogP) is 3.29. The number of phenols is 1. The fraction of sp³-hybridized carbons (Fsp3) is 0.571. The second-order valence-electron chi connectivity index (χ2n) is 5.10. The number of benzene rings is 1. The summed E-state index contributed by atoms with van der Waals surface area (Å²) in [7, 11) is 4.22. The van der Waals surface area contributed by atoms with Gasteiger partial charge in [0.2, 0.25) is 0 Å². The van der Waals surface area contributed by atoms with Gasteiger partial charge in [-0.3, -0.25) is 0 Å². The van der Waals surface area contributed by atoms with Crippen molar-refractivity contribution in [3.05, 3.63) is 29.8 Å². The lowest BCUT2D eigenvalue weighted by Gasteiger charge is -2.33. The third-order valence-corrected chi connectivity index (χ3v) is 3.34. The van der Waals surface area contributed by atoms with Crippen LogP contribution in [-0.4, -0.2) is 24.1 Å². The zero-order chi connectivity index (χ0) is 12.3. The van der Waals surface area contributed by atoms with Crippen molar-refractivity contribution in [2.24, 2.45) is 11.8 Å². The third kappa shape index (κ3) is 2.99. The van der Waals surface area contributed by atoms with Crippen molar-refractivity contribution in [2.75, 3.05) is 14.1 Å². The topological polar surface area (TPSA) is 23.5 Å². The Kier molecular flexibility index (Phi) is 4.36. The molecule has 1 aromatic carbocycles. The Morgan fingerprint density at radius 3 is 1.88 bits per heavy atom. The molecule has 1 rings (SSSR count). The van der Waals surface area contributed by atoms with Gasteiger partial charge in [0.15, 0.2) is 0 Å². The molecule has 2 heteroatoms. The summed E-state index contributed by atoms with van der Waals surface area (Å²) in [6.07, 6.45) is 0. The van der Waals surface area contributed by atoms with Crippen molar-refractivity contribution >= 4 is 0 Å². The van der Waals surface area contributed by atoms with Gasteiger partial charge in [-0.1, -0.05) is 32.9 Å². The van der Waals surface area contributed by atoms with Crippen molar-refractivity contribution in [1.29, 1.82) is 0 Å². The average Bonchev–Trinajstić information content (AvgIpc) is 2.20. The number of hydrogen-bond donors (Lipinski definition) is 1. The number of rotatable bonds is 4. The van der Waals surface area contributed by atoms with Crippen LogP contribution in [0.2, 0.25) is 0 Å². The van der Waals surface area contributed by atoms with Crippen molar-refractivity contribution in [3.63, 3.8) is 0 Å². The van der Waals surface area contributed by atoms with E-state index in [1.165, 1.54) is 5.56 Å². The number of phenolic OH excluding ortho intramolecular Hbond substituents is 1. The molecule has 90 valence electrons. The fourth-order valence-corrected chi connectivity index (χ4v) is 2.11. The molecule has 0 aliphatic carbocycles. The Hall–Kier alpha value is -1.02. The molecule has 0 aromatic heterocycles. The molecule has 0 radical (unpaired) electrons. The van der Waals surface area contributed by atoms with Crippen LogP contribution in [0.5, 0.6) is 5.75 Å². The molecule has 0 saturated carbocycles. The highest BCUT2D eigenvalue weighted by molar-refractivity contribution is 5.28. The van der Waals surface area contributed by atoms with Crippen LogP contribution in [-0.2, 0) is 0 Å². The first-order valence-corrected chi connectivity index (χ1v) is 5.88. The van der Waals surface area contributed by atoms with Crippen LogP contribution < -0.4 is 0 Å². The molecule has 1 aromatic rings. The summed E-state index contributed by atoms with van der Waals surface area (Å²) in [4.78, 5) is 2.25. The average molecular weight is 221 g/mol. The summed E-state index contributed by atoms with van der Waals surface area (Å²) < 4.78 is 0. The lowest BCUT2D eigenvalue weighted by Crippen LogP contribution is -2.28. The minimum atomic E-state index is 0.332. The van der Waals surface area contributed by atoms with Crippen molar-refractivity contribution in [3.8, 4) is 5.75 Å². The summed E-state index contributed by atoms with van der Waals surface area (Å²) in [5.41, 5.74) is 1.27. The third-order valence-electron chi connectivity index (χ3n) is 3.34. The van der Waals surface area contributed by atoms with Gasteiger partial charge in [-0.2, -0.15) is 0 Å². The van der Waals surface area contributed by atoms with Crippen LogP contribution in [0, 0.1) is 11.8 Å². The molecular weight excluding hydrogens is 198 g/mol. The van der Waals surface area contributed by atoms with Gasteiger partial charge in [0.05, 0.1) is 0 Å². The summed E-state index contributed by atoms with van der Waals surface area (Å²) in [6, 6.07) is 7.95. The number of hydrogen-bond acceptors (Lipinski definition) is 2. The Morgan fingerprint density at radius 2 is 1.50 bits per heavy atom. The molecule has 2 nitrogen and oxygen atoms in total. The van der Waals surface area contributed by atoms with Gasteiger partial charge in [-0.05, 0) is 43.6 Å². The normalized spacial score (nSPS) is 15.4. The maximum absolute atomic E-state index is 9.31. The Morgan fingerprint density at radius 1 is 1.00 bits per heavy atom. The van der Waals surface area contributed by atoms with E-state index in [-0.39, 0.29) is 0 Å². The highest BCUT2D eigenvalue weighted by Crippen LogP contribution is 2.32. The lowest BCUT2D eigenvalue weighted by atomic mass is 9.85. The molecule has 2 atom stereocenters. The molecule has 0 fully saturated rings. The molecule has 0 aliphatic heterocycles. The van der Waals surface area contributed by atoms with E-state index in [2.05, 4.69) is 39.8 Å². The molecule has 1 N–H and O–H groups in total. The van der Waals surface area contributed by atoms with E-state index in [1.807, 2.05) is 12.1 Å². The highest BCUT2D eigenvalue weighted by atomic mass is 16.3. The smallest absolute Gasteiger partial charge is 0.115 e. The Labute approximate surface area is 98.9 Å². The second-order valence-corrected chi connectivity index (χ2v) is 5.10. The summed E-state index contributed by atoms with van der Waals surface area (Å²) in [5.74, 6) is 1.55. The van der Waals surface area contributed by atoms with Crippen molar-refractivity contribution in [2.45, 2.75) is 26.8 Å². The van der Waals surface area contributed by atoms with Crippen molar-refractivity contribution in [1.82, 2.24) is 4.90 Å². The van der Waals surface area contributed by atoms with E-state index < -0.39 is 0 Å². The number of aromatic hydroxyl groups is 1. The Bertz CT molecular complexity index is 316. The van der Waals surface area contributed by atoms with Crippen LogP contribution in [0.1, 0.15) is 32.4 Å². The molecule has 0 saturated heterocycles. The van der Waals surface area contributed by atoms with Gasteiger partial charge < -0.3 is 10.0 Å². The van der Waals surface area contributed by atoms with Crippen LogP contribution >= 0.6 is 0 Å². The first-order chi connectivity index (χ1) is 7.43. The van der Waals surface area contributed by atoms with Gasteiger partial charge in [-0.25, -0.2) is 0 Å². The molecule has 0 bridgehead atoms. The quantitative estimate of drug-likeness (QED) is 0.843. The van der Waals surface area contributed by atoms with Crippen LogP contribution in [0.3, 0.4) is 0 Å².